The fourth-order valence-corrected chi connectivity index (χ4v) is 4.27. The lowest BCUT2D eigenvalue weighted by molar-refractivity contribution is -0.116. The number of carbonyl (C=O) groups is 3. The van der Waals surface area contributed by atoms with Crippen molar-refractivity contribution in [2.45, 2.75) is 6.54 Å². The van der Waals surface area contributed by atoms with E-state index in [0.717, 1.165) is 11.8 Å². The first-order valence-corrected chi connectivity index (χ1v) is 9.16. The molecule has 8 heteroatoms. The molecule has 1 N–H and O–H groups in total. The molecule has 3 amide bonds. The molecule has 1 saturated heterocycles. The molecular formula is C18H10Cl2N2O3S. The van der Waals surface area contributed by atoms with Crippen LogP contribution in [0, 0.1) is 0 Å². The maximum atomic E-state index is 13.1. The highest BCUT2D eigenvalue weighted by Crippen LogP contribution is 2.43. The quantitative estimate of drug-likeness (QED) is 0.760. The smallest absolute Gasteiger partial charge is 0.290 e. The minimum atomic E-state index is -0.559. The molecule has 2 aliphatic rings. The Morgan fingerprint density at radius 1 is 0.962 bits per heavy atom. The number of nitrogens with zero attached hydrogens (tertiary/aromatic N) is 1. The number of hydrogen-bond acceptors (Lipinski definition) is 4. The van der Waals surface area contributed by atoms with Gasteiger partial charge in [-0.2, -0.15) is 0 Å². The van der Waals surface area contributed by atoms with Gasteiger partial charge in [-0.15, -0.1) is 0 Å². The third-order valence-electron chi connectivity index (χ3n) is 4.14. The lowest BCUT2D eigenvalue weighted by Crippen LogP contribution is -2.27. The van der Waals surface area contributed by atoms with Crippen LogP contribution in [0.1, 0.15) is 11.1 Å². The van der Waals surface area contributed by atoms with Crippen molar-refractivity contribution in [1.82, 2.24) is 5.32 Å². The summed E-state index contributed by atoms with van der Waals surface area (Å²) in [6, 6.07) is 12.2. The van der Waals surface area contributed by atoms with E-state index in [1.54, 1.807) is 42.5 Å². The molecule has 0 aromatic heterocycles. The molecule has 0 radical (unpaired) electrons. The number of carbonyl (C=O) groups excluding carboxylic acids is 3. The van der Waals surface area contributed by atoms with Gasteiger partial charge in [-0.1, -0.05) is 47.5 Å². The van der Waals surface area contributed by atoms with Crippen LogP contribution in [0.3, 0.4) is 0 Å². The first-order chi connectivity index (χ1) is 12.5. The average Bonchev–Trinajstić information content (AvgIpc) is 3.07. The molecule has 1 fully saturated rings. The van der Waals surface area contributed by atoms with Gasteiger partial charge in [0.05, 0.1) is 22.7 Å². The Balaban J connectivity index is 1.84. The highest BCUT2D eigenvalue weighted by Gasteiger charge is 2.40. The number of para-hydroxylation sites is 1. The van der Waals surface area contributed by atoms with E-state index >= 15 is 0 Å². The van der Waals surface area contributed by atoms with Crippen molar-refractivity contribution in [3.63, 3.8) is 0 Å². The van der Waals surface area contributed by atoms with Crippen molar-refractivity contribution in [3.05, 3.63) is 68.5 Å². The van der Waals surface area contributed by atoms with Crippen molar-refractivity contribution in [2.75, 3.05) is 4.90 Å². The van der Waals surface area contributed by atoms with Gasteiger partial charge < -0.3 is 4.90 Å². The molecule has 0 unspecified atom stereocenters. The van der Waals surface area contributed by atoms with Gasteiger partial charge in [-0.05, 0) is 30.0 Å². The van der Waals surface area contributed by atoms with Crippen LogP contribution in [-0.4, -0.2) is 17.1 Å². The molecular weight excluding hydrogens is 395 g/mol. The first kappa shape index (κ1) is 17.1. The van der Waals surface area contributed by atoms with E-state index in [0.29, 0.717) is 26.9 Å². The molecule has 2 aromatic carbocycles. The van der Waals surface area contributed by atoms with Crippen molar-refractivity contribution in [3.8, 4) is 0 Å². The minimum absolute atomic E-state index is 0.111. The topological polar surface area (TPSA) is 66.5 Å². The van der Waals surface area contributed by atoms with E-state index in [4.69, 9.17) is 23.2 Å². The standard InChI is InChI=1S/C18H10Cl2N2O3S/c19-11-5-3-6-12(20)10(11)8-22-13-7-2-1-4-9(13)14(17(22)24)15-16(23)21-18(25)26-15/h1-7H,8H2,(H,21,23,25)/b15-14-. The van der Waals surface area contributed by atoms with E-state index in [2.05, 4.69) is 5.32 Å². The Labute approximate surface area is 163 Å². The highest BCUT2D eigenvalue weighted by molar-refractivity contribution is 8.18. The molecule has 26 heavy (non-hydrogen) atoms. The number of rotatable bonds is 2. The molecule has 2 aromatic rings. The number of halogens is 2. The van der Waals surface area contributed by atoms with Crippen LogP contribution >= 0.6 is 35.0 Å². The zero-order valence-electron chi connectivity index (χ0n) is 13.1. The van der Waals surface area contributed by atoms with E-state index in [-0.39, 0.29) is 22.9 Å². The van der Waals surface area contributed by atoms with Crippen LogP contribution in [0.5, 0.6) is 0 Å². The third kappa shape index (κ3) is 2.70. The number of imide groups is 1. The minimum Gasteiger partial charge on any atom is -0.303 e. The average molecular weight is 405 g/mol. The Kier molecular flexibility index (Phi) is 4.26. The number of thioether (sulfide) groups is 1. The van der Waals surface area contributed by atoms with E-state index in [1.807, 2.05) is 0 Å². The zero-order valence-corrected chi connectivity index (χ0v) is 15.4. The lowest BCUT2D eigenvalue weighted by atomic mass is 10.1. The van der Waals surface area contributed by atoms with Crippen LogP contribution < -0.4 is 10.2 Å². The summed E-state index contributed by atoms with van der Waals surface area (Å²) in [5, 5.41) is 2.60. The summed E-state index contributed by atoms with van der Waals surface area (Å²) in [6.45, 7) is 0.158. The lowest BCUT2D eigenvalue weighted by Gasteiger charge is -2.19. The molecule has 4 rings (SSSR count). The summed E-state index contributed by atoms with van der Waals surface area (Å²) in [6.07, 6.45) is 0. The van der Waals surface area contributed by atoms with Gasteiger partial charge in [0.1, 0.15) is 0 Å². The van der Waals surface area contributed by atoms with Crippen molar-refractivity contribution in [2.24, 2.45) is 0 Å². The highest BCUT2D eigenvalue weighted by atomic mass is 35.5. The number of hydrogen-bond donors (Lipinski definition) is 1. The number of fused-ring (bicyclic) bond motifs is 1. The summed E-state index contributed by atoms with van der Waals surface area (Å²) < 4.78 is 0. The number of amides is 3. The van der Waals surface area contributed by atoms with Gasteiger partial charge in [-0.25, -0.2) is 0 Å². The van der Waals surface area contributed by atoms with Crippen LogP contribution in [0.4, 0.5) is 10.5 Å². The van der Waals surface area contributed by atoms with Gasteiger partial charge in [0.15, 0.2) is 0 Å². The third-order valence-corrected chi connectivity index (χ3v) is 5.73. The summed E-state index contributed by atoms with van der Waals surface area (Å²) in [7, 11) is 0. The molecule has 5 nitrogen and oxygen atoms in total. The molecule has 0 aliphatic carbocycles. The zero-order chi connectivity index (χ0) is 18.4. The fraction of sp³-hybridized carbons (Fsp3) is 0.0556. The van der Waals surface area contributed by atoms with Crippen LogP contribution in [0.2, 0.25) is 10.0 Å². The molecule has 0 atom stereocenters. The summed E-state index contributed by atoms with van der Waals surface area (Å²) in [5.74, 6) is -0.926. The molecule has 2 aliphatic heterocycles. The number of anilines is 1. The van der Waals surface area contributed by atoms with Gasteiger partial charge >= 0.3 is 0 Å². The Morgan fingerprint density at radius 3 is 2.31 bits per heavy atom. The van der Waals surface area contributed by atoms with Crippen LogP contribution in [0.25, 0.3) is 5.57 Å². The van der Waals surface area contributed by atoms with Crippen molar-refractivity contribution < 1.29 is 14.4 Å². The van der Waals surface area contributed by atoms with E-state index in [9.17, 15) is 14.4 Å². The maximum Gasteiger partial charge on any atom is 0.290 e. The van der Waals surface area contributed by atoms with Gasteiger partial charge in [-0.3, -0.25) is 19.7 Å². The van der Waals surface area contributed by atoms with Gasteiger partial charge in [0.25, 0.3) is 17.1 Å². The van der Waals surface area contributed by atoms with E-state index < -0.39 is 11.1 Å². The summed E-state index contributed by atoms with van der Waals surface area (Å²) >= 11 is 13.2. The molecule has 2 heterocycles. The normalized spacial score (nSPS) is 19.2. The Hall–Kier alpha value is -2.28. The van der Waals surface area contributed by atoms with Crippen molar-refractivity contribution >= 4 is 63.3 Å². The van der Waals surface area contributed by atoms with Gasteiger partial charge in [0.2, 0.25) is 0 Å². The predicted octanol–water partition coefficient (Wildman–Crippen LogP) is 4.23. The SMILES string of the molecule is O=C1NC(=O)/C(=C2/C(=O)N(Cc3c(Cl)cccc3Cl)c3ccccc32)S1. The largest absolute Gasteiger partial charge is 0.303 e. The summed E-state index contributed by atoms with van der Waals surface area (Å²) in [5.41, 5.74) is 2.08. The second-order valence-corrected chi connectivity index (χ2v) is 7.45. The number of nitrogens with one attached hydrogen (secondary N) is 1. The molecule has 130 valence electrons. The molecule has 0 spiro atoms. The van der Waals surface area contributed by atoms with Crippen LogP contribution in [-0.2, 0) is 16.1 Å². The predicted molar refractivity (Wildman–Crippen MR) is 102 cm³/mol. The number of benzene rings is 2. The second kappa shape index (κ2) is 6.46. The van der Waals surface area contributed by atoms with Gasteiger partial charge in [0, 0.05) is 21.2 Å². The molecule has 0 saturated carbocycles. The second-order valence-electron chi connectivity index (χ2n) is 5.66. The Morgan fingerprint density at radius 2 is 1.65 bits per heavy atom. The molecule has 0 bridgehead atoms. The maximum absolute atomic E-state index is 13.1. The van der Waals surface area contributed by atoms with Crippen molar-refractivity contribution in [1.29, 1.82) is 0 Å². The fourth-order valence-electron chi connectivity index (χ4n) is 2.98. The summed E-state index contributed by atoms with van der Waals surface area (Å²) in [4.78, 5) is 38.3. The first-order valence-electron chi connectivity index (χ1n) is 7.59. The Bertz CT molecular complexity index is 999. The monoisotopic (exact) mass is 404 g/mol. The van der Waals surface area contributed by atoms with E-state index in [1.165, 1.54) is 4.90 Å². The van der Waals surface area contributed by atoms with Crippen LogP contribution in [0.15, 0.2) is 47.4 Å².